The van der Waals surface area contributed by atoms with Gasteiger partial charge in [0.25, 0.3) is 0 Å². The maximum atomic E-state index is 5.88. The summed E-state index contributed by atoms with van der Waals surface area (Å²) in [7, 11) is 0. The minimum atomic E-state index is 0.186. The zero-order valence-electron chi connectivity index (χ0n) is 11.8. The maximum Gasteiger partial charge on any atom is 0.171 e. The summed E-state index contributed by atoms with van der Waals surface area (Å²) in [6, 6.07) is 3.97. The van der Waals surface area contributed by atoms with Crippen molar-refractivity contribution < 1.29 is 4.74 Å². The molecule has 1 aliphatic heterocycles. The standard InChI is InChI=1S/C15H23BrN2O/c1-12(2)19-14-6-3-9-17-15(14)18-10-4-5-13(11-18)7-8-16/h3,6,9,12-13H,4-5,7-8,10-11H2,1-2H3. The predicted molar refractivity (Wildman–Crippen MR) is 83.3 cm³/mol. The SMILES string of the molecule is CC(C)Oc1cccnc1N1CCCC(CCBr)C1. The Kier molecular flexibility index (Phi) is 5.49. The minimum Gasteiger partial charge on any atom is -0.487 e. The Labute approximate surface area is 124 Å². The molecular weight excluding hydrogens is 304 g/mol. The number of rotatable bonds is 5. The van der Waals surface area contributed by atoms with Crippen LogP contribution < -0.4 is 9.64 Å². The molecule has 4 heteroatoms. The molecule has 0 aliphatic carbocycles. The van der Waals surface area contributed by atoms with E-state index in [-0.39, 0.29) is 6.10 Å². The van der Waals surface area contributed by atoms with Crippen molar-refractivity contribution in [2.75, 3.05) is 23.3 Å². The average Bonchev–Trinajstić information content (AvgIpc) is 2.39. The minimum absolute atomic E-state index is 0.186. The van der Waals surface area contributed by atoms with Crippen LogP contribution in [0.5, 0.6) is 5.75 Å². The summed E-state index contributed by atoms with van der Waals surface area (Å²) < 4.78 is 5.88. The fourth-order valence-electron chi connectivity index (χ4n) is 2.61. The zero-order chi connectivity index (χ0) is 13.7. The van der Waals surface area contributed by atoms with E-state index in [1.54, 1.807) is 0 Å². The highest BCUT2D eigenvalue weighted by Crippen LogP contribution is 2.31. The lowest BCUT2D eigenvalue weighted by Crippen LogP contribution is -2.36. The van der Waals surface area contributed by atoms with Crippen molar-refractivity contribution in [3.05, 3.63) is 18.3 Å². The van der Waals surface area contributed by atoms with Gasteiger partial charge in [0.1, 0.15) is 0 Å². The molecule has 0 spiro atoms. The first-order chi connectivity index (χ1) is 9.20. The summed E-state index contributed by atoms with van der Waals surface area (Å²) in [4.78, 5) is 6.92. The molecule has 0 radical (unpaired) electrons. The topological polar surface area (TPSA) is 25.4 Å². The Balaban J connectivity index is 2.11. The lowest BCUT2D eigenvalue weighted by Gasteiger charge is -2.34. The molecule has 0 N–H and O–H groups in total. The number of piperidine rings is 1. The number of aromatic nitrogens is 1. The maximum absolute atomic E-state index is 5.88. The second kappa shape index (κ2) is 7.13. The van der Waals surface area contributed by atoms with Crippen molar-refractivity contribution in [1.82, 2.24) is 4.98 Å². The van der Waals surface area contributed by atoms with Gasteiger partial charge in [-0.1, -0.05) is 15.9 Å². The highest BCUT2D eigenvalue weighted by molar-refractivity contribution is 9.09. The van der Waals surface area contributed by atoms with E-state index < -0.39 is 0 Å². The van der Waals surface area contributed by atoms with E-state index in [2.05, 4.69) is 39.7 Å². The third kappa shape index (κ3) is 4.10. The van der Waals surface area contributed by atoms with Crippen LogP contribution in [0, 0.1) is 5.92 Å². The molecule has 0 bridgehead atoms. The first kappa shape index (κ1) is 14.6. The molecule has 1 fully saturated rings. The number of pyridine rings is 1. The van der Waals surface area contributed by atoms with Crippen molar-refractivity contribution in [3.8, 4) is 5.75 Å². The quantitative estimate of drug-likeness (QED) is 0.768. The molecule has 1 unspecified atom stereocenters. The van der Waals surface area contributed by atoms with Crippen molar-refractivity contribution in [3.63, 3.8) is 0 Å². The second-order valence-electron chi connectivity index (χ2n) is 5.42. The molecule has 2 heterocycles. The molecule has 0 aromatic carbocycles. The number of hydrogen-bond acceptors (Lipinski definition) is 3. The summed E-state index contributed by atoms with van der Waals surface area (Å²) in [5.74, 6) is 2.69. The van der Waals surface area contributed by atoms with Crippen LogP contribution in [0.1, 0.15) is 33.1 Å². The van der Waals surface area contributed by atoms with E-state index in [0.29, 0.717) is 0 Å². The third-order valence-electron chi connectivity index (χ3n) is 3.45. The molecule has 1 aliphatic rings. The van der Waals surface area contributed by atoms with Crippen molar-refractivity contribution in [2.24, 2.45) is 5.92 Å². The van der Waals surface area contributed by atoms with Gasteiger partial charge >= 0.3 is 0 Å². The van der Waals surface area contributed by atoms with E-state index >= 15 is 0 Å². The molecule has 19 heavy (non-hydrogen) atoms. The predicted octanol–water partition coefficient (Wildman–Crippen LogP) is 3.87. The highest BCUT2D eigenvalue weighted by atomic mass is 79.9. The number of anilines is 1. The molecule has 2 rings (SSSR count). The van der Waals surface area contributed by atoms with Crippen LogP contribution in [-0.2, 0) is 0 Å². The van der Waals surface area contributed by atoms with E-state index in [9.17, 15) is 0 Å². The second-order valence-corrected chi connectivity index (χ2v) is 6.22. The lowest BCUT2D eigenvalue weighted by molar-refractivity contribution is 0.241. The van der Waals surface area contributed by atoms with Crippen LogP contribution in [0.4, 0.5) is 5.82 Å². The summed E-state index contributed by atoms with van der Waals surface area (Å²) >= 11 is 3.55. The largest absolute Gasteiger partial charge is 0.487 e. The first-order valence-electron chi connectivity index (χ1n) is 7.13. The van der Waals surface area contributed by atoms with Gasteiger partial charge in [-0.15, -0.1) is 0 Å². The number of nitrogens with zero attached hydrogens (tertiary/aromatic N) is 2. The van der Waals surface area contributed by atoms with Crippen LogP contribution >= 0.6 is 15.9 Å². The Hall–Kier alpha value is -0.770. The Morgan fingerprint density at radius 3 is 3.11 bits per heavy atom. The fourth-order valence-corrected chi connectivity index (χ4v) is 3.26. The van der Waals surface area contributed by atoms with Gasteiger partial charge in [-0.3, -0.25) is 0 Å². The lowest BCUT2D eigenvalue weighted by atomic mass is 9.95. The van der Waals surface area contributed by atoms with Crippen LogP contribution in [0.2, 0.25) is 0 Å². The monoisotopic (exact) mass is 326 g/mol. The Morgan fingerprint density at radius 2 is 2.37 bits per heavy atom. The molecule has 0 amide bonds. The number of alkyl halides is 1. The Morgan fingerprint density at radius 1 is 1.53 bits per heavy atom. The highest BCUT2D eigenvalue weighted by Gasteiger charge is 2.22. The number of halogens is 1. The van der Waals surface area contributed by atoms with E-state index in [1.807, 2.05) is 18.3 Å². The van der Waals surface area contributed by atoms with Gasteiger partial charge in [0.05, 0.1) is 6.10 Å². The summed E-state index contributed by atoms with van der Waals surface area (Å²) in [6.45, 7) is 6.29. The van der Waals surface area contributed by atoms with Crippen molar-refractivity contribution in [2.45, 2.75) is 39.2 Å². The van der Waals surface area contributed by atoms with Crippen LogP contribution in [0.3, 0.4) is 0 Å². The normalized spacial score (nSPS) is 19.8. The first-order valence-corrected chi connectivity index (χ1v) is 8.25. The van der Waals surface area contributed by atoms with Crippen molar-refractivity contribution in [1.29, 1.82) is 0 Å². The van der Waals surface area contributed by atoms with Crippen LogP contribution in [-0.4, -0.2) is 29.5 Å². The smallest absolute Gasteiger partial charge is 0.171 e. The molecule has 1 aromatic heterocycles. The zero-order valence-corrected chi connectivity index (χ0v) is 13.4. The average molecular weight is 327 g/mol. The molecule has 1 aromatic rings. The molecule has 106 valence electrons. The number of hydrogen-bond donors (Lipinski definition) is 0. The van der Waals surface area contributed by atoms with Gasteiger partial charge in [-0.2, -0.15) is 0 Å². The summed E-state index contributed by atoms with van der Waals surface area (Å²) in [5, 5.41) is 1.09. The van der Waals surface area contributed by atoms with Gasteiger partial charge in [-0.25, -0.2) is 4.98 Å². The van der Waals surface area contributed by atoms with Gasteiger partial charge in [0, 0.05) is 24.6 Å². The number of ether oxygens (including phenoxy) is 1. The van der Waals surface area contributed by atoms with Gasteiger partial charge in [-0.05, 0) is 51.2 Å². The van der Waals surface area contributed by atoms with Crippen LogP contribution in [0.25, 0.3) is 0 Å². The van der Waals surface area contributed by atoms with E-state index in [1.165, 1.54) is 19.3 Å². The third-order valence-corrected chi connectivity index (χ3v) is 3.91. The van der Waals surface area contributed by atoms with E-state index in [0.717, 1.165) is 35.9 Å². The van der Waals surface area contributed by atoms with Gasteiger partial charge in [0.2, 0.25) is 0 Å². The molecule has 3 nitrogen and oxygen atoms in total. The van der Waals surface area contributed by atoms with E-state index in [4.69, 9.17) is 4.74 Å². The van der Waals surface area contributed by atoms with Crippen molar-refractivity contribution >= 4 is 21.7 Å². The Bertz CT molecular complexity index is 395. The fraction of sp³-hybridized carbons (Fsp3) is 0.667. The molecule has 0 saturated carbocycles. The van der Waals surface area contributed by atoms with Gasteiger partial charge in [0.15, 0.2) is 11.6 Å². The molecular formula is C15H23BrN2O. The molecule has 1 saturated heterocycles. The molecule has 1 atom stereocenters. The summed E-state index contributed by atoms with van der Waals surface area (Å²) in [5.41, 5.74) is 0. The van der Waals surface area contributed by atoms with Crippen LogP contribution in [0.15, 0.2) is 18.3 Å². The van der Waals surface area contributed by atoms with Gasteiger partial charge < -0.3 is 9.64 Å². The summed E-state index contributed by atoms with van der Waals surface area (Å²) in [6.07, 6.45) is 5.86.